The fraction of sp³-hybridized carbons (Fsp3) is 0.438. The van der Waals surface area contributed by atoms with E-state index >= 15 is 0 Å². The lowest BCUT2D eigenvalue weighted by molar-refractivity contribution is -0.158. The monoisotopic (exact) mass is 292 g/mol. The average Bonchev–Trinajstić information content (AvgIpc) is 2.48. The first-order valence-electron chi connectivity index (χ1n) is 6.96. The zero-order valence-electron chi connectivity index (χ0n) is 12.3. The Morgan fingerprint density at radius 2 is 1.71 bits per heavy atom. The molecule has 0 saturated carbocycles. The highest BCUT2D eigenvalue weighted by atomic mass is 16.6. The van der Waals surface area contributed by atoms with Crippen LogP contribution in [0.2, 0.25) is 0 Å². The SMILES string of the molecule is CCOC(=O)C(CC(=O)CC(=O)c1ccccc1)OCC. The molecular weight excluding hydrogens is 272 g/mol. The lowest BCUT2D eigenvalue weighted by Gasteiger charge is -2.14. The van der Waals surface area contributed by atoms with Crippen molar-refractivity contribution in [2.45, 2.75) is 32.8 Å². The van der Waals surface area contributed by atoms with E-state index in [-0.39, 0.29) is 31.0 Å². The van der Waals surface area contributed by atoms with Gasteiger partial charge in [-0.3, -0.25) is 9.59 Å². The molecule has 0 fully saturated rings. The van der Waals surface area contributed by atoms with E-state index in [4.69, 9.17) is 9.47 Å². The highest BCUT2D eigenvalue weighted by molar-refractivity contribution is 6.08. The van der Waals surface area contributed by atoms with Gasteiger partial charge >= 0.3 is 5.97 Å². The predicted molar refractivity (Wildman–Crippen MR) is 77.1 cm³/mol. The second-order valence-corrected chi connectivity index (χ2v) is 4.40. The molecule has 0 bridgehead atoms. The van der Waals surface area contributed by atoms with Crippen molar-refractivity contribution in [3.8, 4) is 0 Å². The number of ketones is 2. The molecule has 0 saturated heterocycles. The Morgan fingerprint density at radius 1 is 1.05 bits per heavy atom. The van der Waals surface area contributed by atoms with Gasteiger partial charge in [0.2, 0.25) is 0 Å². The van der Waals surface area contributed by atoms with E-state index in [1.165, 1.54) is 0 Å². The van der Waals surface area contributed by atoms with E-state index in [1.54, 1.807) is 44.2 Å². The first kappa shape index (κ1) is 17.0. The van der Waals surface area contributed by atoms with Crippen molar-refractivity contribution in [3.05, 3.63) is 35.9 Å². The Labute approximate surface area is 124 Å². The molecule has 1 atom stereocenters. The predicted octanol–water partition coefficient (Wildman–Crippen LogP) is 2.19. The van der Waals surface area contributed by atoms with Crippen molar-refractivity contribution in [1.82, 2.24) is 0 Å². The summed E-state index contributed by atoms with van der Waals surface area (Å²) in [5.74, 6) is -1.17. The first-order chi connectivity index (χ1) is 10.1. The van der Waals surface area contributed by atoms with Crippen LogP contribution >= 0.6 is 0 Å². The molecule has 114 valence electrons. The molecule has 21 heavy (non-hydrogen) atoms. The minimum absolute atomic E-state index is 0.148. The fourth-order valence-corrected chi connectivity index (χ4v) is 1.83. The molecule has 1 aromatic carbocycles. The number of ether oxygens (including phenoxy) is 2. The number of esters is 1. The van der Waals surface area contributed by atoms with Crippen LogP contribution in [0.3, 0.4) is 0 Å². The summed E-state index contributed by atoms with van der Waals surface area (Å²) < 4.78 is 10.1. The lowest BCUT2D eigenvalue weighted by Crippen LogP contribution is -2.30. The van der Waals surface area contributed by atoms with E-state index in [0.29, 0.717) is 12.2 Å². The first-order valence-corrected chi connectivity index (χ1v) is 6.96. The van der Waals surface area contributed by atoms with Crippen LogP contribution in [0, 0.1) is 0 Å². The number of carbonyl (C=O) groups is 3. The van der Waals surface area contributed by atoms with Crippen LogP contribution in [-0.4, -0.2) is 36.9 Å². The number of rotatable bonds is 9. The Morgan fingerprint density at radius 3 is 2.29 bits per heavy atom. The number of benzene rings is 1. The van der Waals surface area contributed by atoms with E-state index in [2.05, 4.69) is 0 Å². The normalized spacial score (nSPS) is 11.7. The van der Waals surface area contributed by atoms with Gasteiger partial charge < -0.3 is 9.47 Å². The third-order valence-corrected chi connectivity index (χ3v) is 2.78. The fourth-order valence-electron chi connectivity index (χ4n) is 1.83. The Hall–Kier alpha value is -2.01. The number of hydrogen-bond donors (Lipinski definition) is 0. The molecule has 0 N–H and O–H groups in total. The number of hydrogen-bond acceptors (Lipinski definition) is 5. The van der Waals surface area contributed by atoms with Gasteiger partial charge in [0.1, 0.15) is 5.78 Å². The Bertz CT molecular complexity index is 481. The Balaban J connectivity index is 2.57. The summed E-state index contributed by atoms with van der Waals surface area (Å²) in [7, 11) is 0. The van der Waals surface area contributed by atoms with Crippen LogP contribution < -0.4 is 0 Å². The summed E-state index contributed by atoms with van der Waals surface area (Å²) in [6.07, 6.45) is -1.33. The van der Waals surface area contributed by atoms with Crippen LogP contribution in [-0.2, 0) is 19.1 Å². The van der Waals surface area contributed by atoms with Gasteiger partial charge in [-0.1, -0.05) is 30.3 Å². The van der Waals surface area contributed by atoms with E-state index in [9.17, 15) is 14.4 Å². The lowest BCUT2D eigenvalue weighted by atomic mass is 10.0. The van der Waals surface area contributed by atoms with Crippen molar-refractivity contribution < 1.29 is 23.9 Å². The summed E-state index contributed by atoms with van der Waals surface area (Å²) in [5.41, 5.74) is 0.481. The van der Waals surface area contributed by atoms with Crippen LogP contribution in [0.25, 0.3) is 0 Å². The van der Waals surface area contributed by atoms with E-state index < -0.39 is 12.1 Å². The molecule has 0 aliphatic heterocycles. The van der Waals surface area contributed by atoms with Crippen molar-refractivity contribution in [3.63, 3.8) is 0 Å². The highest BCUT2D eigenvalue weighted by Gasteiger charge is 2.24. The summed E-state index contributed by atoms with van der Waals surface area (Å²) in [4.78, 5) is 35.5. The maximum atomic E-state index is 11.9. The van der Waals surface area contributed by atoms with Crippen LogP contribution in [0.4, 0.5) is 0 Å². The summed E-state index contributed by atoms with van der Waals surface area (Å²) >= 11 is 0. The molecule has 5 heteroatoms. The molecule has 1 rings (SSSR count). The van der Waals surface area contributed by atoms with Gasteiger partial charge in [-0.2, -0.15) is 0 Å². The quantitative estimate of drug-likeness (QED) is 0.396. The minimum Gasteiger partial charge on any atom is -0.464 e. The molecule has 0 radical (unpaired) electrons. The van der Waals surface area contributed by atoms with Crippen molar-refractivity contribution in [2.75, 3.05) is 13.2 Å². The molecule has 0 spiro atoms. The number of carbonyl (C=O) groups excluding carboxylic acids is 3. The van der Waals surface area contributed by atoms with Gasteiger partial charge in [0, 0.05) is 18.6 Å². The van der Waals surface area contributed by atoms with Crippen LogP contribution in [0.5, 0.6) is 0 Å². The molecule has 0 aromatic heterocycles. The number of Topliss-reactive ketones (excluding diaryl/α,β-unsaturated/α-hetero) is 2. The molecule has 0 heterocycles. The largest absolute Gasteiger partial charge is 0.464 e. The standard InChI is InChI=1S/C16H20O5/c1-3-20-15(16(19)21-4-2)11-13(17)10-14(18)12-8-6-5-7-9-12/h5-9,15H,3-4,10-11H2,1-2H3. The zero-order chi connectivity index (χ0) is 15.7. The molecule has 5 nitrogen and oxygen atoms in total. The van der Waals surface area contributed by atoms with Gasteiger partial charge in [0.15, 0.2) is 11.9 Å². The van der Waals surface area contributed by atoms with E-state index in [1.807, 2.05) is 0 Å². The summed E-state index contributed by atoms with van der Waals surface area (Å²) in [6, 6.07) is 8.57. The second-order valence-electron chi connectivity index (χ2n) is 4.40. The summed E-state index contributed by atoms with van der Waals surface area (Å²) in [6.45, 7) is 3.93. The Kier molecular flexibility index (Phi) is 7.32. The third kappa shape index (κ3) is 5.87. The molecule has 0 aliphatic rings. The molecule has 1 unspecified atom stereocenters. The van der Waals surface area contributed by atoms with Gasteiger partial charge in [0.25, 0.3) is 0 Å². The second kappa shape index (κ2) is 9.02. The van der Waals surface area contributed by atoms with E-state index in [0.717, 1.165) is 0 Å². The maximum absolute atomic E-state index is 11.9. The van der Waals surface area contributed by atoms with Gasteiger partial charge in [-0.05, 0) is 13.8 Å². The highest BCUT2D eigenvalue weighted by Crippen LogP contribution is 2.09. The van der Waals surface area contributed by atoms with Gasteiger partial charge in [-0.15, -0.1) is 0 Å². The van der Waals surface area contributed by atoms with Crippen molar-refractivity contribution in [1.29, 1.82) is 0 Å². The van der Waals surface area contributed by atoms with Crippen LogP contribution in [0.1, 0.15) is 37.0 Å². The molecule has 0 amide bonds. The van der Waals surface area contributed by atoms with Crippen molar-refractivity contribution >= 4 is 17.5 Å². The average molecular weight is 292 g/mol. The van der Waals surface area contributed by atoms with Gasteiger partial charge in [-0.25, -0.2) is 4.79 Å². The molecule has 0 aliphatic carbocycles. The smallest absolute Gasteiger partial charge is 0.335 e. The molecule has 1 aromatic rings. The topological polar surface area (TPSA) is 69.7 Å². The summed E-state index contributed by atoms with van der Waals surface area (Å²) in [5, 5.41) is 0. The van der Waals surface area contributed by atoms with Gasteiger partial charge in [0.05, 0.1) is 13.0 Å². The van der Waals surface area contributed by atoms with Crippen molar-refractivity contribution in [2.24, 2.45) is 0 Å². The van der Waals surface area contributed by atoms with Crippen LogP contribution in [0.15, 0.2) is 30.3 Å². The maximum Gasteiger partial charge on any atom is 0.335 e. The third-order valence-electron chi connectivity index (χ3n) is 2.78. The minimum atomic E-state index is -0.939. The zero-order valence-corrected chi connectivity index (χ0v) is 12.3. The molecular formula is C16H20O5.